The molecule has 2 aromatic carbocycles. The number of ether oxygens (including phenoxy) is 2. The van der Waals surface area contributed by atoms with Crippen LogP contribution in [0.5, 0.6) is 11.5 Å². The molecule has 120 valence electrons. The van der Waals surface area contributed by atoms with Crippen LogP contribution in [0.15, 0.2) is 42.5 Å². The Hall–Kier alpha value is -2.69. The number of amides is 1. The Morgan fingerprint density at radius 1 is 1.26 bits per heavy atom. The summed E-state index contributed by atoms with van der Waals surface area (Å²) in [6.45, 7) is 4.62. The fraction of sp³-hybridized carbons (Fsp3) is 0.278. The van der Waals surface area contributed by atoms with Gasteiger partial charge in [0.1, 0.15) is 18.1 Å². The number of fused-ring (bicyclic) bond motifs is 1. The third-order valence-electron chi connectivity index (χ3n) is 3.77. The molecule has 0 spiro atoms. The van der Waals surface area contributed by atoms with Crippen molar-refractivity contribution in [2.75, 3.05) is 23.8 Å². The van der Waals surface area contributed by atoms with Crippen molar-refractivity contribution in [3.8, 4) is 11.5 Å². The van der Waals surface area contributed by atoms with Gasteiger partial charge in [-0.25, -0.2) is 0 Å². The van der Waals surface area contributed by atoms with Gasteiger partial charge < -0.3 is 20.1 Å². The van der Waals surface area contributed by atoms with Gasteiger partial charge in [0.25, 0.3) is 5.91 Å². The van der Waals surface area contributed by atoms with Gasteiger partial charge in [-0.1, -0.05) is 12.1 Å². The van der Waals surface area contributed by atoms with E-state index in [4.69, 9.17) is 15.2 Å². The predicted octanol–water partition coefficient (Wildman–Crippen LogP) is 2.77. The van der Waals surface area contributed by atoms with E-state index < -0.39 is 6.10 Å². The number of carbonyl (C=O) groups excluding carboxylic acids is 1. The molecule has 2 aromatic rings. The first-order valence-corrected chi connectivity index (χ1v) is 7.61. The predicted molar refractivity (Wildman–Crippen MR) is 90.0 cm³/mol. The highest BCUT2D eigenvalue weighted by Crippen LogP contribution is 2.35. The summed E-state index contributed by atoms with van der Waals surface area (Å²) in [5.74, 6) is 1.36. The van der Waals surface area contributed by atoms with Gasteiger partial charge in [-0.15, -0.1) is 0 Å². The van der Waals surface area contributed by atoms with Crippen LogP contribution in [0.2, 0.25) is 0 Å². The van der Waals surface area contributed by atoms with Crippen LogP contribution in [0.4, 0.5) is 11.4 Å². The van der Waals surface area contributed by atoms with Crippen LogP contribution in [0, 0.1) is 6.92 Å². The summed E-state index contributed by atoms with van der Waals surface area (Å²) in [5, 5.41) is 0. The molecule has 5 nitrogen and oxygen atoms in total. The molecule has 0 fully saturated rings. The fourth-order valence-corrected chi connectivity index (χ4v) is 2.62. The second-order valence-electron chi connectivity index (χ2n) is 5.64. The molecular weight excluding hydrogens is 292 g/mol. The highest BCUT2D eigenvalue weighted by atomic mass is 16.5. The van der Waals surface area contributed by atoms with Crippen LogP contribution in [0.25, 0.3) is 0 Å². The van der Waals surface area contributed by atoms with E-state index in [1.807, 2.05) is 31.2 Å². The van der Waals surface area contributed by atoms with Gasteiger partial charge in [0.05, 0.1) is 12.2 Å². The summed E-state index contributed by atoms with van der Waals surface area (Å²) >= 11 is 0. The average molecular weight is 312 g/mol. The number of aryl methyl sites for hydroxylation is 1. The maximum absolute atomic E-state index is 12.4. The zero-order valence-electron chi connectivity index (χ0n) is 13.3. The number of nitrogens with two attached hydrogens (primary N) is 1. The van der Waals surface area contributed by atoms with Crippen LogP contribution in [0.1, 0.15) is 12.5 Å². The largest absolute Gasteiger partial charge is 0.492 e. The Kier molecular flexibility index (Phi) is 4.10. The Balaban J connectivity index is 1.73. The van der Waals surface area contributed by atoms with E-state index in [1.54, 1.807) is 30.0 Å². The van der Waals surface area contributed by atoms with Crippen molar-refractivity contribution in [3.05, 3.63) is 48.0 Å². The van der Waals surface area contributed by atoms with Gasteiger partial charge in [0.15, 0.2) is 6.10 Å². The fourth-order valence-electron chi connectivity index (χ4n) is 2.62. The van der Waals surface area contributed by atoms with E-state index in [9.17, 15) is 4.79 Å². The molecule has 0 aromatic heterocycles. The molecular formula is C18H20N2O3. The van der Waals surface area contributed by atoms with Crippen molar-refractivity contribution in [1.29, 1.82) is 0 Å². The number of rotatable bonds is 4. The monoisotopic (exact) mass is 312 g/mol. The molecule has 1 heterocycles. The summed E-state index contributed by atoms with van der Waals surface area (Å²) in [6, 6.07) is 13.2. The molecule has 0 radical (unpaired) electrons. The minimum atomic E-state index is -0.525. The molecule has 23 heavy (non-hydrogen) atoms. The van der Waals surface area contributed by atoms with E-state index in [1.165, 1.54) is 0 Å². The maximum atomic E-state index is 12.4. The third-order valence-corrected chi connectivity index (χ3v) is 3.77. The number of nitrogens with zero attached hydrogens (tertiary/aromatic N) is 1. The van der Waals surface area contributed by atoms with Gasteiger partial charge in [-0.05, 0) is 43.7 Å². The zero-order chi connectivity index (χ0) is 16.4. The van der Waals surface area contributed by atoms with Crippen LogP contribution >= 0.6 is 0 Å². The van der Waals surface area contributed by atoms with E-state index in [0.717, 1.165) is 17.0 Å². The molecule has 0 saturated carbocycles. The molecule has 1 unspecified atom stereocenters. The lowest BCUT2D eigenvalue weighted by Crippen LogP contribution is -2.46. The van der Waals surface area contributed by atoms with Crippen LogP contribution in [0.3, 0.4) is 0 Å². The Morgan fingerprint density at radius 2 is 2.09 bits per heavy atom. The second kappa shape index (κ2) is 6.20. The highest BCUT2D eigenvalue weighted by Gasteiger charge is 2.31. The molecule has 0 aliphatic carbocycles. The Morgan fingerprint density at radius 3 is 2.87 bits per heavy atom. The maximum Gasteiger partial charge on any atom is 0.267 e. The molecule has 0 bridgehead atoms. The summed E-state index contributed by atoms with van der Waals surface area (Å²) in [6.07, 6.45) is -0.525. The number of benzene rings is 2. The van der Waals surface area contributed by atoms with Gasteiger partial charge in [0, 0.05) is 11.8 Å². The smallest absolute Gasteiger partial charge is 0.267 e. The minimum absolute atomic E-state index is 0.0740. The van der Waals surface area contributed by atoms with Crippen molar-refractivity contribution in [1.82, 2.24) is 0 Å². The Labute approximate surface area is 135 Å². The summed E-state index contributed by atoms with van der Waals surface area (Å²) in [4.78, 5) is 14.1. The highest BCUT2D eigenvalue weighted by molar-refractivity contribution is 6.00. The molecule has 1 aliphatic heterocycles. The molecule has 2 N–H and O–H groups in total. The van der Waals surface area contributed by atoms with Crippen molar-refractivity contribution < 1.29 is 14.3 Å². The number of nitrogen functional groups attached to an aromatic ring is 1. The Bertz CT molecular complexity index is 730. The van der Waals surface area contributed by atoms with Gasteiger partial charge >= 0.3 is 0 Å². The molecule has 0 saturated heterocycles. The quantitative estimate of drug-likeness (QED) is 0.882. The van der Waals surface area contributed by atoms with Crippen molar-refractivity contribution in [2.45, 2.75) is 20.0 Å². The third kappa shape index (κ3) is 3.23. The topological polar surface area (TPSA) is 64.8 Å². The molecule has 3 rings (SSSR count). The SMILES string of the molecule is Cc1cccc(OCCN2C(=O)C(C)Oc3cc(N)ccc32)c1. The molecule has 1 aliphatic rings. The van der Waals surface area contributed by atoms with E-state index in [2.05, 4.69) is 0 Å². The number of carbonyl (C=O) groups is 1. The lowest BCUT2D eigenvalue weighted by molar-refractivity contribution is -0.125. The standard InChI is InChI=1S/C18H20N2O3/c1-12-4-3-5-15(10-12)22-9-8-20-16-7-6-14(19)11-17(16)23-13(2)18(20)21/h3-7,10-11,13H,8-9,19H2,1-2H3. The van der Waals surface area contributed by atoms with E-state index >= 15 is 0 Å². The first-order chi connectivity index (χ1) is 11.0. The first kappa shape index (κ1) is 15.2. The van der Waals surface area contributed by atoms with Crippen molar-refractivity contribution in [3.63, 3.8) is 0 Å². The number of hydrogen-bond acceptors (Lipinski definition) is 4. The number of anilines is 2. The number of hydrogen-bond donors (Lipinski definition) is 1. The van der Waals surface area contributed by atoms with Crippen LogP contribution in [-0.4, -0.2) is 25.2 Å². The molecule has 5 heteroatoms. The normalized spacial score (nSPS) is 16.7. The lowest BCUT2D eigenvalue weighted by atomic mass is 10.1. The lowest BCUT2D eigenvalue weighted by Gasteiger charge is -2.33. The average Bonchev–Trinajstić information content (AvgIpc) is 2.51. The summed E-state index contributed by atoms with van der Waals surface area (Å²) < 4.78 is 11.4. The first-order valence-electron chi connectivity index (χ1n) is 7.61. The summed E-state index contributed by atoms with van der Waals surface area (Å²) in [5.41, 5.74) is 8.27. The summed E-state index contributed by atoms with van der Waals surface area (Å²) in [7, 11) is 0. The van der Waals surface area contributed by atoms with E-state index in [-0.39, 0.29) is 5.91 Å². The van der Waals surface area contributed by atoms with Gasteiger partial charge in [0.2, 0.25) is 0 Å². The van der Waals surface area contributed by atoms with Gasteiger partial charge in [-0.2, -0.15) is 0 Å². The molecule has 1 atom stereocenters. The minimum Gasteiger partial charge on any atom is -0.492 e. The van der Waals surface area contributed by atoms with Crippen LogP contribution in [-0.2, 0) is 4.79 Å². The zero-order valence-corrected chi connectivity index (χ0v) is 13.3. The van der Waals surface area contributed by atoms with Gasteiger partial charge in [-0.3, -0.25) is 4.79 Å². The van der Waals surface area contributed by atoms with Crippen molar-refractivity contribution in [2.24, 2.45) is 0 Å². The second-order valence-corrected chi connectivity index (χ2v) is 5.64. The molecule has 1 amide bonds. The van der Waals surface area contributed by atoms with Crippen molar-refractivity contribution >= 4 is 17.3 Å². The van der Waals surface area contributed by atoms with E-state index in [0.29, 0.717) is 24.6 Å². The van der Waals surface area contributed by atoms with Crippen LogP contribution < -0.4 is 20.1 Å².